The summed E-state index contributed by atoms with van der Waals surface area (Å²) in [6.07, 6.45) is 1.45. The molecule has 1 N–H and O–H groups in total. The molecular weight excluding hydrogens is 258 g/mol. The minimum absolute atomic E-state index is 0.0275. The summed E-state index contributed by atoms with van der Waals surface area (Å²) in [6, 6.07) is -0.837. The Kier molecular flexibility index (Phi) is 6.28. The summed E-state index contributed by atoms with van der Waals surface area (Å²) in [5, 5.41) is 2.49. The van der Waals surface area contributed by atoms with Crippen molar-refractivity contribution >= 4 is 22.7 Å². The van der Waals surface area contributed by atoms with Crippen LogP contribution in [0.4, 0.5) is 0 Å². The quantitative estimate of drug-likeness (QED) is 0.691. The van der Waals surface area contributed by atoms with Crippen LogP contribution in [-0.4, -0.2) is 53.5 Å². The number of nitrogens with one attached hydrogen (secondary N) is 1. The maximum absolute atomic E-state index is 12.1. The molecule has 0 aliphatic carbocycles. The highest BCUT2D eigenvalue weighted by Crippen LogP contribution is 2.14. The maximum Gasteiger partial charge on any atom is 0.329 e. The number of ether oxygens (including phenoxy) is 2. The van der Waals surface area contributed by atoms with Crippen LogP contribution in [0.2, 0.25) is 0 Å². The van der Waals surface area contributed by atoms with Crippen molar-refractivity contribution in [2.45, 2.75) is 31.1 Å². The van der Waals surface area contributed by atoms with Crippen LogP contribution >= 0.6 is 0 Å². The second-order valence-electron chi connectivity index (χ2n) is 4.14. The Bertz CT molecular complexity index is 327. The Morgan fingerprint density at radius 3 is 2.56 bits per heavy atom. The van der Waals surface area contributed by atoms with E-state index in [-0.39, 0.29) is 16.9 Å². The molecule has 0 saturated carbocycles. The lowest BCUT2D eigenvalue weighted by Gasteiger charge is -2.23. The first-order valence-corrected chi connectivity index (χ1v) is 7.22. The van der Waals surface area contributed by atoms with Crippen LogP contribution in [0, 0.1) is 0 Å². The number of esters is 1. The molecular formula is C11H19NO5S. The Labute approximate surface area is 109 Å². The SMILES string of the molecule is COC(=O)C(CS(=O)C1CCOCC1)NC(C)=O. The summed E-state index contributed by atoms with van der Waals surface area (Å²) in [7, 11) is 0.0739. The smallest absolute Gasteiger partial charge is 0.329 e. The van der Waals surface area contributed by atoms with Crippen molar-refractivity contribution in [3.05, 3.63) is 0 Å². The van der Waals surface area contributed by atoms with Gasteiger partial charge >= 0.3 is 5.97 Å². The van der Waals surface area contributed by atoms with Crippen molar-refractivity contribution in [1.29, 1.82) is 0 Å². The summed E-state index contributed by atoms with van der Waals surface area (Å²) in [4.78, 5) is 22.5. The lowest BCUT2D eigenvalue weighted by molar-refractivity contribution is -0.144. The van der Waals surface area contributed by atoms with Gasteiger partial charge in [0.1, 0.15) is 6.04 Å². The van der Waals surface area contributed by atoms with E-state index in [1.54, 1.807) is 0 Å². The average Bonchev–Trinajstić information content (AvgIpc) is 2.37. The van der Waals surface area contributed by atoms with E-state index in [4.69, 9.17) is 4.74 Å². The van der Waals surface area contributed by atoms with Crippen molar-refractivity contribution in [3.8, 4) is 0 Å². The minimum Gasteiger partial charge on any atom is -0.467 e. The molecule has 104 valence electrons. The van der Waals surface area contributed by atoms with Crippen LogP contribution in [-0.2, 0) is 29.9 Å². The van der Waals surface area contributed by atoms with Crippen LogP contribution in [0.5, 0.6) is 0 Å². The van der Waals surface area contributed by atoms with Gasteiger partial charge in [0.25, 0.3) is 0 Å². The van der Waals surface area contributed by atoms with Crippen molar-refractivity contribution in [3.63, 3.8) is 0 Å². The molecule has 2 atom stereocenters. The van der Waals surface area contributed by atoms with E-state index >= 15 is 0 Å². The third-order valence-corrected chi connectivity index (χ3v) is 4.61. The molecule has 1 aliphatic heterocycles. The molecule has 0 bridgehead atoms. The van der Waals surface area contributed by atoms with Crippen molar-refractivity contribution < 1.29 is 23.3 Å². The molecule has 1 rings (SSSR count). The molecule has 0 aromatic carbocycles. The van der Waals surface area contributed by atoms with Gasteiger partial charge in [-0.3, -0.25) is 9.00 Å². The van der Waals surface area contributed by atoms with E-state index in [0.717, 1.165) is 12.8 Å². The van der Waals surface area contributed by atoms with Gasteiger partial charge in [0.15, 0.2) is 0 Å². The average molecular weight is 277 g/mol. The zero-order chi connectivity index (χ0) is 13.5. The molecule has 0 radical (unpaired) electrons. The van der Waals surface area contributed by atoms with Crippen molar-refractivity contribution in [2.75, 3.05) is 26.1 Å². The van der Waals surface area contributed by atoms with E-state index in [0.29, 0.717) is 13.2 Å². The number of hydrogen-bond donors (Lipinski definition) is 1. The Morgan fingerprint density at radius 2 is 2.06 bits per heavy atom. The minimum atomic E-state index is -1.17. The van der Waals surface area contributed by atoms with E-state index in [1.807, 2.05) is 0 Å². The van der Waals surface area contributed by atoms with E-state index in [2.05, 4.69) is 10.1 Å². The lowest BCUT2D eigenvalue weighted by Crippen LogP contribution is -2.45. The molecule has 18 heavy (non-hydrogen) atoms. The Morgan fingerprint density at radius 1 is 1.44 bits per heavy atom. The standard InChI is InChI=1S/C11H19NO5S/c1-8(13)12-10(11(14)16-2)7-18(15)9-3-5-17-6-4-9/h9-10H,3-7H2,1-2H3,(H,12,13). The van der Waals surface area contributed by atoms with Gasteiger partial charge in [-0.25, -0.2) is 4.79 Å². The molecule has 1 saturated heterocycles. The monoisotopic (exact) mass is 277 g/mol. The molecule has 7 heteroatoms. The van der Waals surface area contributed by atoms with Gasteiger partial charge in [-0.15, -0.1) is 0 Å². The second kappa shape index (κ2) is 7.48. The zero-order valence-electron chi connectivity index (χ0n) is 10.6. The number of carbonyl (C=O) groups excluding carboxylic acids is 2. The largest absolute Gasteiger partial charge is 0.467 e. The van der Waals surface area contributed by atoms with Gasteiger partial charge < -0.3 is 14.8 Å². The maximum atomic E-state index is 12.1. The number of methoxy groups -OCH3 is 1. The number of carbonyl (C=O) groups is 2. The molecule has 1 fully saturated rings. The third-order valence-electron chi connectivity index (χ3n) is 2.73. The molecule has 0 aromatic rings. The fraction of sp³-hybridized carbons (Fsp3) is 0.818. The Balaban J connectivity index is 2.55. The van der Waals surface area contributed by atoms with Gasteiger partial charge in [0, 0.05) is 36.2 Å². The molecule has 0 aromatic heterocycles. The van der Waals surface area contributed by atoms with E-state index in [9.17, 15) is 13.8 Å². The highest BCUT2D eigenvalue weighted by molar-refractivity contribution is 7.85. The molecule has 1 amide bonds. The first kappa shape index (κ1) is 15.1. The number of amides is 1. The molecule has 6 nitrogen and oxygen atoms in total. The third kappa shape index (κ3) is 4.73. The summed E-state index contributed by atoms with van der Waals surface area (Å²) in [6.45, 7) is 2.51. The number of rotatable bonds is 5. The zero-order valence-corrected chi connectivity index (χ0v) is 11.5. The number of hydrogen-bond acceptors (Lipinski definition) is 5. The van der Waals surface area contributed by atoms with Gasteiger partial charge in [-0.2, -0.15) is 0 Å². The van der Waals surface area contributed by atoms with Crippen LogP contribution in [0.3, 0.4) is 0 Å². The predicted octanol–water partition coefficient (Wildman–Crippen LogP) is -0.408. The van der Waals surface area contributed by atoms with Gasteiger partial charge in [-0.1, -0.05) is 0 Å². The Hall–Kier alpha value is -0.950. The van der Waals surface area contributed by atoms with Gasteiger partial charge in [-0.05, 0) is 12.8 Å². The van der Waals surface area contributed by atoms with Crippen LogP contribution in [0.15, 0.2) is 0 Å². The summed E-state index contributed by atoms with van der Waals surface area (Å²) in [5.41, 5.74) is 0. The van der Waals surface area contributed by atoms with Crippen molar-refractivity contribution in [1.82, 2.24) is 5.32 Å². The molecule has 1 aliphatic rings. The fourth-order valence-corrected chi connectivity index (χ4v) is 3.33. The normalized spacial score (nSPS) is 19.9. The summed E-state index contributed by atoms with van der Waals surface area (Å²) < 4.78 is 21.9. The lowest BCUT2D eigenvalue weighted by atomic mass is 10.2. The fourth-order valence-electron chi connectivity index (χ4n) is 1.80. The van der Waals surface area contributed by atoms with Gasteiger partial charge in [0.2, 0.25) is 5.91 Å². The first-order valence-electron chi connectivity index (χ1n) is 5.84. The van der Waals surface area contributed by atoms with Gasteiger partial charge in [0.05, 0.1) is 12.9 Å². The predicted molar refractivity (Wildman–Crippen MR) is 66.5 cm³/mol. The molecule has 0 spiro atoms. The van der Waals surface area contributed by atoms with E-state index < -0.39 is 22.8 Å². The first-order chi connectivity index (χ1) is 8.54. The van der Waals surface area contributed by atoms with Crippen LogP contribution in [0.1, 0.15) is 19.8 Å². The topological polar surface area (TPSA) is 81.7 Å². The molecule has 2 unspecified atom stereocenters. The highest BCUT2D eigenvalue weighted by Gasteiger charge is 2.27. The van der Waals surface area contributed by atoms with Crippen LogP contribution < -0.4 is 5.32 Å². The summed E-state index contributed by atoms with van der Waals surface area (Å²) >= 11 is 0. The van der Waals surface area contributed by atoms with Crippen molar-refractivity contribution in [2.24, 2.45) is 0 Å². The second-order valence-corrected chi connectivity index (χ2v) is 5.90. The van der Waals surface area contributed by atoms with E-state index in [1.165, 1.54) is 14.0 Å². The highest BCUT2D eigenvalue weighted by atomic mass is 32.2. The molecule has 1 heterocycles. The summed E-state index contributed by atoms with van der Waals surface area (Å²) in [5.74, 6) is -0.809. The van der Waals surface area contributed by atoms with Crippen LogP contribution in [0.25, 0.3) is 0 Å².